The van der Waals surface area contributed by atoms with Crippen molar-refractivity contribution in [1.29, 1.82) is 0 Å². The highest BCUT2D eigenvalue weighted by atomic mass is 16.5. The molecule has 4 rings (SSSR count). The van der Waals surface area contributed by atoms with Gasteiger partial charge in [-0.25, -0.2) is 0 Å². The first kappa shape index (κ1) is 28.1. The van der Waals surface area contributed by atoms with Crippen LogP contribution < -0.4 is 5.73 Å². The number of nitrogens with zero attached hydrogens (tertiary/aromatic N) is 1. The van der Waals surface area contributed by atoms with Gasteiger partial charge < -0.3 is 30.9 Å². The smallest absolute Gasteiger partial charge is 0.305 e. The summed E-state index contributed by atoms with van der Waals surface area (Å²) in [5.41, 5.74) is 2.19. The number of primary amides is 1. The number of nitrogens with two attached hydrogens (primary N) is 1. The monoisotopic (exact) mass is 540 g/mol. The number of hydrogen-bond acceptors (Lipinski definition) is 10. The van der Waals surface area contributed by atoms with Crippen LogP contribution in [0.25, 0.3) is 11.3 Å². The Labute approximate surface area is 224 Å². The second kappa shape index (κ2) is 9.35. The molecule has 11 heteroatoms. The number of ether oxygens (including phenoxy) is 1. The third kappa shape index (κ3) is 3.71. The number of phenolic OH excluding ortho intramolecular Hbond substituents is 1. The first-order valence-electron chi connectivity index (χ1n) is 12.5. The fourth-order valence-electron chi connectivity index (χ4n) is 6.31. The molecule has 208 valence electrons. The van der Waals surface area contributed by atoms with Gasteiger partial charge in [-0.05, 0) is 38.1 Å². The van der Waals surface area contributed by atoms with Gasteiger partial charge in [0.15, 0.2) is 11.4 Å². The zero-order valence-electron chi connectivity index (χ0n) is 22.3. The number of esters is 1. The highest BCUT2D eigenvalue weighted by Crippen LogP contribution is 2.57. The van der Waals surface area contributed by atoms with Crippen molar-refractivity contribution in [3.05, 3.63) is 52.3 Å². The van der Waals surface area contributed by atoms with E-state index in [1.165, 1.54) is 25.9 Å². The number of aliphatic hydroxyl groups excluding tert-OH is 2. The van der Waals surface area contributed by atoms with E-state index in [-0.39, 0.29) is 17.7 Å². The maximum atomic E-state index is 14.2. The molecule has 0 aliphatic heterocycles. The molecule has 11 nitrogen and oxygen atoms in total. The molecule has 6 N–H and O–H groups in total. The van der Waals surface area contributed by atoms with Gasteiger partial charge in [0.25, 0.3) is 5.91 Å². The fourth-order valence-corrected chi connectivity index (χ4v) is 6.31. The molecular weight excluding hydrogens is 508 g/mol. The third-order valence-corrected chi connectivity index (χ3v) is 8.12. The Bertz CT molecular complexity index is 1410. The standard InChI is InChI=1S/C28H32N2O9/c1-7-14(31)39-24-15-11(4)13-9-8-12(10(2)3)21(32)16(13)22(33)17(15)25(35)28(38)19(24)20(30(5)6)23(34)18(26(28)36)27(29)37/h8-9,11,15,19-20,24,32-33,36,38H,2,7H2,1,3-6H3,(H2,29,37)/t11-,15+,19+,20-,24-,28-/m0/s1. The average Bonchev–Trinajstić information content (AvgIpc) is 2.84. The van der Waals surface area contributed by atoms with Crippen molar-refractivity contribution in [2.75, 3.05) is 14.1 Å². The maximum Gasteiger partial charge on any atom is 0.305 e. The molecule has 1 fully saturated rings. The number of benzene rings is 1. The molecule has 0 bridgehead atoms. The minimum absolute atomic E-state index is 0.0696. The molecule has 0 unspecified atom stereocenters. The number of fused-ring (bicyclic) bond motifs is 3. The van der Waals surface area contributed by atoms with Crippen LogP contribution in [-0.2, 0) is 23.9 Å². The van der Waals surface area contributed by atoms with E-state index < -0.39 is 81.6 Å². The number of aliphatic hydroxyl groups is 3. The van der Waals surface area contributed by atoms with Crippen molar-refractivity contribution >= 4 is 34.8 Å². The van der Waals surface area contributed by atoms with Crippen molar-refractivity contribution in [2.24, 2.45) is 17.6 Å². The molecule has 1 aromatic rings. The Morgan fingerprint density at radius 2 is 1.79 bits per heavy atom. The van der Waals surface area contributed by atoms with Gasteiger partial charge in [0.05, 0.1) is 17.5 Å². The highest BCUT2D eigenvalue weighted by molar-refractivity contribution is 6.24. The summed E-state index contributed by atoms with van der Waals surface area (Å²) in [6.45, 7) is 8.70. The van der Waals surface area contributed by atoms with E-state index in [0.717, 1.165) is 0 Å². The molecule has 0 heterocycles. The van der Waals surface area contributed by atoms with E-state index in [2.05, 4.69) is 6.58 Å². The van der Waals surface area contributed by atoms with Crippen LogP contribution in [0.5, 0.6) is 5.75 Å². The normalized spacial score (nSPS) is 30.1. The molecular formula is C28H32N2O9. The lowest BCUT2D eigenvalue weighted by Crippen LogP contribution is -2.71. The SMILES string of the molecule is C=C(C)c1ccc2c(c1O)C(O)=C1C(=O)[C@]3(O)C(O)=C(C(N)=O)C(=O)[C@@H](N(C)C)[C@@H]3[C@@H](OC(=O)CC)[C@@H]1[C@H]2C. The Balaban J connectivity index is 2.13. The predicted molar refractivity (Wildman–Crippen MR) is 139 cm³/mol. The number of amides is 1. The van der Waals surface area contributed by atoms with Crippen LogP contribution in [0, 0.1) is 11.8 Å². The third-order valence-electron chi connectivity index (χ3n) is 8.12. The van der Waals surface area contributed by atoms with Crippen molar-refractivity contribution < 1.29 is 44.3 Å². The van der Waals surface area contributed by atoms with Crippen molar-refractivity contribution in [1.82, 2.24) is 4.90 Å². The molecule has 1 saturated carbocycles. The van der Waals surface area contributed by atoms with Gasteiger partial charge in [-0.1, -0.05) is 32.6 Å². The summed E-state index contributed by atoms with van der Waals surface area (Å²) in [7, 11) is 2.93. The van der Waals surface area contributed by atoms with Crippen LogP contribution in [0.4, 0.5) is 0 Å². The van der Waals surface area contributed by atoms with Crippen LogP contribution >= 0.6 is 0 Å². The summed E-state index contributed by atoms with van der Waals surface area (Å²) < 4.78 is 5.79. The minimum Gasteiger partial charge on any atom is -0.508 e. The van der Waals surface area contributed by atoms with E-state index in [1.54, 1.807) is 26.0 Å². The summed E-state index contributed by atoms with van der Waals surface area (Å²) in [5, 5.41) is 45.6. The van der Waals surface area contributed by atoms with Crippen LogP contribution in [0.1, 0.15) is 49.8 Å². The van der Waals surface area contributed by atoms with Crippen molar-refractivity contribution in [3.63, 3.8) is 0 Å². The molecule has 0 radical (unpaired) electrons. The van der Waals surface area contributed by atoms with E-state index >= 15 is 0 Å². The second-order valence-corrected chi connectivity index (χ2v) is 10.6. The predicted octanol–water partition coefficient (Wildman–Crippen LogP) is 1.49. The Kier molecular flexibility index (Phi) is 6.73. The molecule has 1 aromatic carbocycles. The number of aromatic hydroxyl groups is 1. The Morgan fingerprint density at radius 3 is 2.31 bits per heavy atom. The first-order valence-corrected chi connectivity index (χ1v) is 12.5. The number of ketones is 2. The topological polar surface area (TPSA) is 188 Å². The van der Waals surface area contributed by atoms with E-state index in [1.807, 2.05) is 0 Å². The van der Waals surface area contributed by atoms with Gasteiger partial charge in [-0.2, -0.15) is 0 Å². The number of phenols is 1. The fraction of sp³-hybridized carbons (Fsp3) is 0.429. The van der Waals surface area contributed by atoms with Gasteiger partial charge in [-0.3, -0.25) is 24.1 Å². The number of rotatable bonds is 5. The van der Waals surface area contributed by atoms with E-state index in [0.29, 0.717) is 16.7 Å². The largest absolute Gasteiger partial charge is 0.508 e. The van der Waals surface area contributed by atoms with Gasteiger partial charge >= 0.3 is 5.97 Å². The molecule has 6 atom stereocenters. The Morgan fingerprint density at radius 1 is 1.18 bits per heavy atom. The molecule has 0 aromatic heterocycles. The van der Waals surface area contributed by atoms with E-state index in [4.69, 9.17) is 10.5 Å². The lowest BCUT2D eigenvalue weighted by molar-refractivity contribution is -0.185. The number of hydrogen-bond donors (Lipinski definition) is 5. The van der Waals surface area contributed by atoms with Gasteiger partial charge in [0.2, 0.25) is 5.78 Å². The first-order chi connectivity index (χ1) is 18.1. The maximum absolute atomic E-state index is 14.2. The number of Topliss-reactive ketones (excluding diaryl/α,β-unsaturated/α-hetero) is 2. The van der Waals surface area contributed by atoms with E-state index in [9.17, 15) is 39.6 Å². The molecule has 3 aliphatic rings. The quantitative estimate of drug-likeness (QED) is 0.270. The lowest BCUT2D eigenvalue weighted by atomic mass is 9.54. The summed E-state index contributed by atoms with van der Waals surface area (Å²) >= 11 is 0. The molecule has 39 heavy (non-hydrogen) atoms. The summed E-state index contributed by atoms with van der Waals surface area (Å²) in [6, 6.07) is 1.85. The summed E-state index contributed by atoms with van der Waals surface area (Å²) in [6.07, 6.45) is -1.51. The molecule has 1 amide bonds. The van der Waals surface area contributed by atoms with Crippen LogP contribution in [0.15, 0.2) is 35.6 Å². The van der Waals surface area contributed by atoms with Crippen LogP contribution in [0.2, 0.25) is 0 Å². The van der Waals surface area contributed by atoms with Crippen LogP contribution in [-0.4, -0.2) is 80.6 Å². The molecule has 0 saturated heterocycles. The second-order valence-electron chi connectivity index (χ2n) is 10.6. The Hall–Kier alpha value is -3.96. The zero-order chi connectivity index (χ0) is 29.3. The molecule has 3 aliphatic carbocycles. The number of carbonyl (C=O) groups excluding carboxylic acids is 4. The lowest BCUT2D eigenvalue weighted by Gasteiger charge is -2.54. The van der Waals surface area contributed by atoms with Gasteiger partial charge in [0.1, 0.15) is 28.9 Å². The van der Waals surface area contributed by atoms with Crippen LogP contribution in [0.3, 0.4) is 0 Å². The van der Waals surface area contributed by atoms with Crippen molar-refractivity contribution in [3.8, 4) is 5.75 Å². The number of allylic oxidation sites excluding steroid dienone is 1. The molecule has 0 spiro atoms. The average molecular weight is 541 g/mol. The zero-order valence-corrected chi connectivity index (χ0v) is 22.3. The van der Waals surface area contributed by atoms with Crippen molar-refractivity contribution in [2.45, 2.75) is 50.9 Å². The minimum atomic E-state index is -2.97. The summed E-state index contributed by atoms with van der Waals surface area (Å²) in [5.74, 6) is -9.87. The number of likely N-dealkylation sites (N-methyl/N-ethyl adjacent to an activating group) is 1. The van der Waals surface area contributed by atoms with Gasteiger partial charge in [0, 0.05) is 23.5 Å². The summed E-state index contributed by atoms with van der Waals surface area (Å²) in [4.78, 5) is 53.9. The highest BCUT2D eigenvalue weighted by Gasteiger charge is 2.69. The van der Waals surface area contributed by atoms with Gasteiger partial charge in [-0.15, -0.1) is 0 Å². The number of carbonyl (C=O) groups is 4.